The van der Waals surface area contributed by atoms with Crippen molar-refractivity contribution in [3.8, 4) is 0 Å². The molecule has 1 heterocycles. The van der Waals surface area contributed by atoms with Crippen LogP contribution in [0.4, 0.5) is 11.4 Å². The van der Waals surface area contributed by atoms with Gasteiger partial charge in [0.25, 0.3) is 5.91 Å². The molecular weight excluding hydrogens is 532 g/mol. The van der Waals surface area contributed by atoms with E-state index in [9.17, 15) is 9.59 Å². The van der Waals surface area contributed by atoms with Gasteiger partial charge in [0.05, 0.1) is 17.3 Å². The van der Waals surface area contributed by atoms with E-state index >= 15 is 0 Å². The first-order chi connectivity index (χ1) is 21.2. The van der Waals surface area contributed by atoms with Crippen molar-refractivity contribution in [1.82, 2.24) is 15.7 Å². The van der Waals surface area contributed by atoms with Crippen LogP contribution >= 0.6 is 0 Å². The summed E-state index contributed by atoms with van der Waals surface area (Å²) < 4.78 is 0. The molecule has 6 heteroatoms. The number of rotatable bonds is 10. The number of amides is 2. The molecule has 0 unspecified atom stereocenters. The van der Waals surface area contributed by atoms with Gasteiger partial charge in [-0.3, -0.25) is 20.0 Å². The molecule has 1 aromatic heterocycles. The zero-order chi connectivity index (χ0) is 29.4. The second-order valence-corrected chi connectivity index (χ2v) is 10.4. The topological polar surface area (TPSA) is 77.2 Å². The van der Waals surface area contributed by atoms with Gasteiger partial charge in [0.15, 0.2) is 0 Å². The molecule has 212 valence electrons. The Labute approximate surface area is 251 Å². The molecule has 0 fully saturated rings. The Kier molecular flexibility index (Phi) is 8.27. The van der Waals surface area contributed by atoms with Crippen LogP contribution in [0.15, 0.2) is 152 Å². The SMILES string of the molecule is O=C(N[C@@H](Cc1c[nH]c2ccccc12)C(=O)NN(c1ccccc1)c1ccccc1)C(c1ccccc1)c1ccccc1. The summed E-state index contributed by atoms with van der Waals surface area (Å²) >= 11 is 0. The van der Waals surface area contributed by atoms with E-state index in [1.54, 1.807) is 5.01 Å². The summed E-state index contributed by atoms with van der Waals surface area (Å²) in [5, 5.41) is 5.90. The molecule has 6 nitrogen and oxygen atoms in total. The first-order valence-electron chi connectivity index (χ1n) is 14.3. The van der Waals surface area contributed by atoms with E-state index in [1.165, 1.54) is 0 Å². The number of para-hydroxylation sites is 3. The number of aromatic nitrogens is 1. The lowest BCUT2D eigenvalue weighted by atomic mass is 9.90. The largest absolute Gasteiger partial charge is 0.361 e. The second kappa shape index (κ2) is 12.9. The minimum absolute atomic E-state index is 0.247. The standard InChI is InChI=1S/C37H32N4O2/c42-36(40-41(30-19-9-3-10-20-30)31-21-11-4-12-22-31)34(25-29-26-38-33-24-14-13-23-32(29)33)39-37(43)35(27-15-5-1-6-16-27)28-17-7-2-8-18-28/h1-24,26,34-35,38H,25H2,(H,39,43)(H,40,42)/t34-/m0/s1. The number of hydrogen-bond donors (Lipinski definition) is 3. The monoisotopic (exact) mass is 564 g/mol. The number of nitrogens with zero attached hydrogens (tertiary/aromatic N) is 1. The fourth-order valence-corrected chi connectivity index (χ4v) is 5.39. The normalized spacial score (nSPS) is 11.7. The Balaban J connectivity index is 1.35. The molecule has 0 saturated carbocycles. The van der Waals surface area contributed by atoms with Crippen LogP contribution in [0.3, 0.4) is 0 Å². The Bertz CT molecular complexity index is 1710. The lowest BCUT2D eigenvalue weighted by molar-refractivity contribution is -0.129. The molecule has 5 aromatic carbocycles. The van der Waals surface area contributed by atoms with Crippen LogP contribution in [0.25, 0.3) is 10.9 Å². The quantitative estimate of drug-likeness (QED) is 0.159. The number of hydrazine groups is 1. The highest BCUT2D eigenvalue weighted by Gasteiger charge is 2.30. The van der Waals surface area contributed by atoms with Crippen molar-refractivity contribution in [2.75, 3.05) is 5.01 Å². The summed E-state index contributed by atoms with van der Waals surface area (Å²) in [6.45, 7) is 0. The Morgan fingerprint density at radius 3 is 1.65 bits per heavy atom. The number of fused-ring (bicyclic) bond motifs is 1. The molecule has 3 N–H and O–H groups in total. The summed E-state index contributed by atoms with van der Waals surface area (Å²) in [5.74, 6) is -1.16. The molecule has 0 aliphatic rings. The van der Waals surface area contributed by atoms with E-state index in [0.717, 1.165) is 39.0 Å². The maximum atomic E-state index is 14.2. The van der Waals surface area contributed by atoms with Crippen molar-refractivity contribution >= 4 is 34.1 Å². The first kappa shape index (κ1) is 27.5. The van der Waals surface area contributed by atoms with E-state index < -0.39 is 12.0 Å². The van der Waals surface area contributed by atoms with Gasteiger partial charge in [0, 0.05) is 23.5 Å². The van der Waals surface area contributed by atoms with Gasteiger partial charge in [0.1, 0.15) is 6.04 Å². The average Bonchev–Trinajstić information content (AvgIpc) is 3.48. The van der Waals surface area contributed by atoms with Gasteiger partial charge in [-0.25, -0.2) is 0 Å². The minimum atomic E-state index is -0.864. The number of anilines is 2. The number of nitrogens with one attached hydrogen (secondary N) is 3. The molecule has 0 aliphatic heterocycles. The zero-order valence-electron chi connectivity index (χ0n) is 23.6. The van der Waals surface area contributed by atoms with Gasteiger partial charge in [-0.1, -0.05) is 115 Å². The predicted octanol–water partition coefficient (Wildman–Crippen LogP) is 6.90. The summed E-state index contributed by atoms with van der Waals surface area (Å²) in [5.41, 5.74) is 8.33. The van der Waals surface area contributed by atoms with Gasteiger partial charge in [-0.15, -0.1) is 0 Å². The van der Waals surface area contributed by atoms with Crippen LogP contribution in [-0.2, 0) is 16.0 Å². The molecule has 2 amide bonds. The molecule has 0 spiro atoms. The molecule has 6 aromatic rings. The van der Waals surface area contributed by atoms with Crippen molar-refractivity contribution < 1.29 is 9.59 Å². The number of benzene rings is 5. The smallest absolute Gasteiger partial charge is 0.261 e. The lowest BCUT2D eigenvalue weighted by Crippen LogP contribution is -2.53. The van der Waals surface area contributed by atoms with E-state index in [0.29, 0.717) is 6.42 Å². The molecule has 1 atom stereocenters. The van der Waals surface area contributed by atoms with E-state index in [-0.39, 0.29) is 11.8 Å². The van der Waals surface area contributed by atoms with Crippen molar-refractivity contribution in [2.45, 2.75) is 18.4 Å². The summed E-state index contributed by atoms with van der Waals surface area (Å²) in [6, 6.07) is 45.7. The first-order valence-corrected chi connectivity index (χ1v) is 14.3. The summed E-state index contributed by atoms with van der Waals surface area (Å²) in [4.78, 5) is 31.7. The third kappa shape index (κ3) is 6.34. The van der Waals surface area contributed by atoms with Crippen molar-refractivity contribution in [1.29, 1.82) is 0 Å². The number of hydrogen-bond acceptors (Lipinski definition) is 3. The highest BCUT2D eigenvalue weighted by molar-refractivity contribution is 5.94. The molecule has 0 radical (unpaired) electrons. The van der Waals surface area contributed by atoms with E-state index in [4.69, 9.17) is 0 Å². The van der Waals surface area contributed by atoms with Gasteiger partial charge < -0.3 is 10.3 Å². The molecule has 6 rings (SSSR count). The van der Waals surface area contributed by atoms with Crippen LogP contribution in [0.2, 0.25) is 0 Å². The van der Waals surface area contributed by atoms with Crippen LogP contribution < -0.4 is 15.8 Å². The number of H-pyrrole nitrogens is 1. The third-order valence-corrected chi connectivity index (χ3v) is 7.51. The molecule has 43 heavy (non-hydrogen) atoms. The minimum Gasteiger partial charge on any atom is -0.361 e. The highest BCUT2D eigenvalue weighted by atomic mass is 16.2. The predicted molar refractivity (Wildman–Crippen MR) is 172 cm³/mol. The van der Waals surface area contributed by atoms with Crippen LogP contribution in [0.1, 0.15) is 22.6 Å². The maximum Gasteiger partial charge on any atom is 0.261 e. The Morgan fingerprint density at radius 2 is 1.09 bits per heavy atom. The summed E-state index contributed by atoms with van der Waals surface area (Å²) in [7, 11) is 0. The fourth-order valence-electron chi connectivity index (χ4n) is 5.39. The van der Waals surface area contributed by atoms with Gasteiger partial charge in [0.2, 0.25) is 5.91 Å². The second-order valence-electron chi connectivity index (χ2n) is 10.4. The fraction of sp³-hybridized carbons (Fsp3) is 0.0811. The Morgan fingerprint density at radius 1 is 0.605 bits per heavy atom. The van der Waals surface area contributed by atoms with Gasteiger partial charge in [-0.05, 0) is 47.0 Å². The van der Waals surface area contributed by atoms with Gasteiger partial charge >= 0.3 is 0 Å². The number of aromatic amines is 1. The molecular formula is C37H32N4O2. The van der Waals surface area contributed by atoms with Crippen molar-refractivity contribution in [3.05, 3.63) is 168 Å². The molecule has 0 aliphatic carbocycles. The maximum absolute atomic E-state index is 14.2. The zero-order valence-corrected chi connectivity index (χ0v) is 23.6. The lowest BCUT2D eigenvalue weighted by Gasteiger charge is -2.29. The highest BCUT2D eigenvalue weighted by Crippen LogP contribution is 2.27. The molecule has 0 bridgehead atoms. The average molecular weight is 565 g/mol. The number of carbonyl (C=O) groups is 2. The van der Waals surface area contributed by atoms with Crippen molar-refractivity contribution in [3.63, 3.8) is 0 Å². The number of carbonyl (C=O) groups excluding carboxylic acids is 2. The van der Waals surface area contributed by atoms with Gasteiger partial charge in [-0.2, -0.15) is 0 Å². The Hall–Kier alpha value is -5.62. The van der Waals surface area contributed by atoms with E-state index in [2.05, 4.69) is 15.7 Å². The summed E-state index contributed by atoms with van der Waals surface area (Å²) in [6.07, 6.45) is 2.21. The molecule has 0 saturated heterocycles. The van der Waals surface area contributed by atoms with Crippen LogP contribution in [0.5, 0.6) is 0 Å². The van der Waals surface area contributed by atoms with Crippen LogP contribution in [-0.4, -0.2) is 22.8 Å². The van der Waals surface area contributed by atoms with E-state index in [1.807, 2.05) is 152 Å². The van der Waals surface area contributed by atoms with Crippen molar-refractivity contribution in [2.24, 2.45) is 0 Å². The third-order valence-electron chi connectivity index (χ3n) is 7.51. The van der Waals surface area contributed by atoms with Crippen LogP contribution in [0, 0.1) is 0 Å².